The minimum Gasteiger partial charge on any atom is -0.480 e. The quantitative estimate of drug-likeness (QED) is 0.389. The summed E-state index contributed by atoms with van der Waals surface area (Å²) in [4.78, 5) is 43.4. The van der Waals surface area contributed by atoms with E-state index in [9.17, 15) is 19.2 Å². The largest absolute Gasteiger partial charge is 0.480 e. The number of nitrogens with two attached hydrogens (primary N) is 1. The summed E-state index contributed by atoms with van der Waals surface area (Å²) in [7, 11) is 0. The lowest BCUT2D eigenvalue weighted by atomic mass is 10.1. The Hall–Kier alpha value is -2.56. The van der Waals surface area contributed by atoms with Gasteiger partial charge in [0, 0.05) is 6.54 Å². The van der Waals surface area contributed by atoms with Gasteiger partial charge in [-0.25, -0.2) is 14.4 Å². The number of nitrogens with one attached hydrogen (secondary N) is 2. The molecule has 0 heterocycles. The van der Waals surface area contributed by atoms with Crippen LogP contribution in [0.3, 0.4) is 0 Å². The SMILES string of the molecule is CC(C)(C)OC(=O)NCCCC(NC(=O)OC(C)(C)C)C(=O)O.NCC(=O)O. The van der Waals surface area contributed by atoms with Crippen molar-refractivity contribution in [3.05, 3.63) is 0 Å². The van der Waals surface area contributed by atoms with Gasteiger partial charge >= 0.3 is 24.1 Å². The molecule has 0 spiro atoms. The van der Waals surface area contributed by atoms with Crippen LogP contribution >= 0.6 is 0 Å². The van der Waals surface area contributed by atoms with Gasteiger partial charge in [0.1, 0.15) is 17.2 Å². The Bertz CT molecular complexity index is 523. The van der Waals surface area contributed by atoms with Crippen LogP contribution in [0.1, 0.15) is 54.4 Å². The molecule has 11 nitrogen and oxygen atoms in total. The number of hydrogen-bond donors (Lipinski definition) is 5. The monoisotopic (exact) mass is 407 g/mol. The van der Waals surface area contributed by atoms with Crippen molar-refractivity contribution in [3.8, 4) is 0 Å². The van der Waals surface area contributed by atoms with Crippen molar-refractivity contribution in [2.45, 2.75) is 71.6 Å². The average Bonchev–Trinajstić information content (AvgIpc) is 2.47. The summed E-state index contributed by atoms with van der Waals surface area (Å²) >= 11 is 0. The number of carboxylic acids is 2. The number of carboxylic acid groups (broad SMARTS) is 2. The third-order valence-electron chi connectivity index (χ3n) is 2.50. The second-order valence-electron chi connectivity index (χ2n) is 7.71. The average molecular weight is 407 g/mol. The second-order valence-corrected chi connectivity index (χ2v) is 7.71. The number of rotatable bonds is 7. The van der Waals surface area contributed by atoms with Crippen LogP contribution in [0.2, 0.25) is 0 Å². The van der Waals surface area contributed by atoms with Crippen molar-refractivity contribution < 1.29 is 38.9 Å². The van der Waals surface area contributed by atoms with Crippen LogP contribution in [0.4, 0.5) is 9.59 Å². The summed E-state index contributed by atoms with van der Waals surface area (Å²) in [5.74, 6) is -2.13. The minimum atomic E-state index is -1.16. The highest BCUT2D eigenvalue weighted by Crippen LogP contribution is 2.08. The Morgan fingerprint density at radius 3 is 1.71 bits per heavy atom. The van der Waals surface area contributed by atoms with Gasteiger partial charge in [-0.05, 0) is 54.4 Å². The van der Waals surface area contributed by atoms with Crippen LogP contribution in [0, 0.1) is 0 Å². The number of amides is 2. The van der Waals surface area contributed by atoms with Crippen molar-refractivity contribution in [1.29, 1.82) is 0 Å². The van der Waals surface area contributed by atoms with E-state index >= 15 is 0 Å². The van der Waals surface area contributed by atoms with E-state index in [1.54, 1.807) is 41.5 Å². The normalized spacial score (nSPS) is 12.0. The summed E-state index contributed by atoms with van der Waals surface area (Å²) in [6.45, 7) is 10.3. The van der Waals surface area contributed by atoms with E-state index in [1.807, 2.05) is 0 Å². The zero-order valence-electron chi connectivity index (χ0n) is 17.3. The van der Waals surface area contributed by atoms with E-state index in [2.05, 4.69) is 16.4 Å². The number of carbonyl (C=O) groups is 4. The van der Waals surface area contributed by atoms with Crippen molar-refractivity contribution in [2.24, 2.45) is 5.73 Å². The number of ether oxygens (including phenoxy) is 2. The molecular formula is C17H33N3O8. The molecule has 0 fully saturated rings. The van der Waals surface area contributed by atoms with Crippen molar-refractivity contribution >= 4 is 24.1 Å². The van der Waals surface area contributed by atoms with Crippen LogP contribution in [-0.4, -0.2) is 64.7 Å². The molecule has 0 aliphatic heterocycles. The molecule has 0 radical (unpaired) electrons. The Morgan fingerprint density at radius 1 is 0.929 bits per heavy atom. The van der Waals surface area contributed by atoms with E-state index in [0.29, 0.717) is 6.42 Å². The number of aliphatic carboxylic acids is 2. The molecule has 0 aliphatic carbocycles. The van der Waals surface area contributed by atoms with Gasteiger partial charge in [-0.3, -0.25) is 4.79 Å². The number of carbonyl (C=O) groups excluding carboxylic acids is 2. The van der Waals surface area contributed by atoms with Gasteiger partial charge in [-0.2, -0.15) is 0 Å². The zero-order valence-corrected chi connectivity index (χ0v) is 17.3. The first-order valence-corrected chi connectivity index (χ1v) is 8.68. The fourth-order valence-corrected chi connectivity index (χ4v) is 1.52. The third-order valence-corrected chi connectivity index (χ3v) is 2.50. The lowest BCUT2D eigenvalue weighted by Crippen LogP contribution is -2.43. The van der Waals surface area contributed by atoms with Gasteiger partial charge in [0.2, 0.25) is 0 Å². The predicted octanol–water partition coefficient (Wildman–Crippen LogP) is 1.30. The van der Waals surface area contributed by atoms with Crippen LogP contribution in [0.15, 0.2) is 0 Å². The molecular weight excluding hydrogens is 374 g/mol. The van der Waals surface area contributed by atoms with Gasteiger partial charge in [0.25, 0.3) is 0 Å². The Labute approximate surface area is 164 Å². The highest BCUT2D eigenvalue weighted by atomic mass is 16.6. The molecule has 2 amide bonds. The maximum Gasteiger partial charge on any atom is 0.408 e. The third kappa shape index (κ3) is 19.8. The molecule has 0 aromatic heterocycles. The molecule has 0 saturated heterocycles. The maximum absolute atomic E-state index is 11.6. The van der Waals surface area contributed by atoms with Crippen LogP contribution in [0.25, 0.3) is 0 Å². The molecule has 0 aromatic rings. The molecule has 0 saturated carbocycles. The van der Waals surface area contributed by atoms with Crippen LogP contribution in [-0.2, 0) is 19.1 Å². The summed E-state index contributed by atoms with van der Waals surface area (Å²) in [6, 6.07) is -1.08. The number of alkyl carbamates (subject to hydrolysis) is 2. The molecule has 1 unspecified atom stereocenters. The van der Waals surface area contributed by atoms with Gasteiger partial charge in [0.05, 0.1) is 6.54 Å². The van der Waals surface area contributed by atoms with E-state index < -0.39 is 41.4 Å². The van der Waals surface area contributed by atoms with Crippen molar-refractivity contribution in [3.63, 3.8) is 0 Å². The lowest BCUT2D eigenvalue weighted by Gasteiger charge is -2.22. The molecule has 164 valence electrons. The summed E-state index contributed by atoms with van der Waals surface area (Å²) < 4.78 is 10.1. The summed E-state index contributed by atoms with van der Waals surface area (Å²) in [5.41, 5.74) is 3.28. The van der Waals surface area contributed by atoms with Gasteiger partial charge in [-0.15, -0.1) is 0 Å². The predicted molar refractivity (Wildman–Crippen MR) is 101 cm³/mol. The first kappa shape index (κ1) is 27.7. The number of hydrogen-bond acceptors (Lipinski definition) is 7. The van der Waals surface area contributed by atoms with Crippen LogP contribution < -0.4 is 16.4 Å². The van der Waals surface area contributed by atoms with E-state index in [-0.39, 0.29) is 19.5 Å². The van der Waals surface area contributed by atoms with Crippen LogP contribution in [0.5, 0.6) is 0 Å². The maximum atomic E-state index is 11.6. The molecule has 28 heavy (non-hydrogen) atoms. The summed E-state index contributed by atoms with van der Waals surface area (Å²) in [6.07, 6.45) is -0.828. The topological polar surface area (TPSA) is 177 Å². The Morgan fingerprint density at radius 2 is 1.36 bits per heavy atom. The van der Waals surface area contributed by atoms with Gasteiger partial charge in [0.15, 0.2) is 0 Å². The molecule has 1 atom stereocenters. The molecule has 0 rings (SSSR count). The van der Waals surface area contributed by atoms with Gasteiger partial charge < -0.3 is 36.1 Å². The standard InChI is InChI=1S/C15H28N2O6.C2H5NO2/c1-14(2,3)22-12(20)16-9-7-8-10(11(18)19)17-13(21)23-15(4,5)6;3-1-2(4)5/h10H,7-9H2,1-6H3,(H,16,20)(H,17,21)(H,18,19);1,3H2,(H,4,5). The van der Waals surface area contributed by atoms with Gasteiger partial charge in [-0.1, -0.05) is 0 Å². The smallest absolute Gasteiger partial charge is 0.408 e. The van der Waals surface area contributed by atoms with Crippen molar-refractivity contribution in [1.82, 2.24) is 10.6 Å². The lowest BCUT2D eigenvalue weighted by molar-refractivity contribution is -0.139. The first-order chi connectivity index (χ1) is 12.6. The highest BCUT2D eigenvalue weighted by Gasteiger charge is 2.23. The fraction of sp³-hybridized carbons (Fsp3) is 0.765. The molecule has 6 N–H and O–H groups in total. The van der Waals surface area contributed by atoms with E-state index in [1.165, 1.54) is 0 Å². The van der Waals surface area contributed by atoms with E-state index in [0.717, 1.165) is 0 Å². The molecule has 0 aliphatic rings. The molecule has 11 heteroatoms. The van der Waals surface area contributed by atoms with E-state index in [4.69, 9.17) is 19.7 Å². The summed E-state index contributed by atoms with van der Waals surface area (Å²) in [5, 5.41) is 21.5. The fourth-order valence-electron chi connectivity index (χ4n) is 1.52. The molecule has 0 aromatic carbocycles. The molecule has 0 bridgehead atoms. The Balaban J connectivity index is 0. The Kier molecular flexibility index (Phi) is 12.6. The zero-order chi connectivity index (χ0) is 22.5. The second kappa shape index (κ2) is 12.8. The minimum absolute atomic E-state index is 0.157. The first-order valence-electron chi connectivity index (χ1n) is 8.68. The highest BCUT2D eigenvalue weighted by molar-refractivity contribution is 5.80. The van der Waals surface area contributed by atoms with Crippen molar-refractivity contribution in [2.75, 3.05) is 13.1 Å².